The molecule has 0 bridgehead atoms. The number of aliphatic hydroxyl groups excluding tert-OH is 1. The Bertz CT molecular complexity index is 476. The minimum Gasteiger partial charge on any atom is -0.395 e. The Morgan fingerprint density at radius 1 is 1.60 bits per heavy atom. The van der Waals surface area contributed by atoms with Crippen LogP contribution in [0.15, 0.2) is 5.38 Å². The van der Waals surface area contributed by atoms with E-state index in [0.717, 1.165) is 29.7 Å². The van der Waals surface area contributed by atoms with Gasteiger partial charge in [0.1, 0.15) is 0 Å². The molecule has 0 saturated carbocycles. The van der Waals surface area contributed by atoms with E-state index in [1.165, 1.54) is 4.88 Å². The molecule has 1 atom stereocenters. The molecule has 3 nitrogen and oxygen atoms in total. The highest BCUT2D eigenvalue weighted by Gasteiger charge is 2.27. The fourth-order valence-corrected chi connectivity index (χ4v) is 3.83. The first-order valence-electron chi connectivity index (χ1n) is 6.80. The Hall–Kier alpha value is -1.01. The van der Waals surface area contributed by atoms with Gasteiger partial charge < -0.3 is 10.0 Å². The molecule has 0 radical (unpaired) electrons. The summed E-state index contributed by atoms with van der Waals surface area (Å²) in [6, 6.07) is 0. The Kier molecular flexibility index (Phi) is 5.10. The van der Waals surface area contributed by atoms with Gasteiger partial charge in [-0.1, -0.05) is 6.92 Å². The first-order chi connectivity index (χ1) is 9.52. The van der Waals surface area contributed by atoms with Gasteiger partial charge in [-0.05, 0) is 30.7 Å². The van der Waals surface area contributed by atoms with E-state index in [9.17, 15) is 13.6 Å². The van der Waals surface area contributed by atoms with Crippen LogP contribution in [0.25, 0.3) is 0 Å². The highest BCUT2D eigenvalue weighted by molar-refractivity contribution is 7.10. The standard InChI is InChI=1S/C14H19F2NO2S/c1-9-2-3-10-11(8-20-12(10)6-9)14(19)17(4-5-18)7-13(15)16/h8-9,13,18H,2-7H2,1H3. The van der Waals surface area contributed by atoms with Crippen molar-refractivity contribution >= 4 is 17.2 Å². The third kappa shape index (κ3) is 3.35. The zero-order valence-electron chi connectivity index (χ0n) is 11.4. The van der Waals surface area contributed by atoms with Crippen molar-refractivity contribution in [3.63, 3.8) is 0 Å². The van der Waals surface area contributed by atoms with Gasteiger partial charge in [-0.25, -0.2) is 8.78 Å². The van der Waals surface area contributed by atoms with Crippen LogP contribution in [0.4, 0.5) is 8.78 Å². The molecule has 6 heteroatoms. The monoisotopic (exact) mass is 303 g/mol. The lowest BCUT2D eigenvalue weighted by Crippen LogP contribution is -2.37. The van der Waals surface area contributed by atoms with Crippen molar-refractivity contribution in [2.24, 2.45) is 5.92 Å². The molecule has 112 valence electrons. The van der Waals surface area contributed by atoms with E-state index in [4.69, 9.17) is 5.11 Å². The average molecular weight is 303 g/mol. The van der Waals surface area contributed by atoms with Crippen LogP contribution < -0.4 is 0 Å². The van der Waals surface area contributed by atoms with E-state index in [-0.39, 0.29) is 19.1 Å². The normalized spacial score (nSPS) is 18.1. The van der Waals surface area contributed by atoms with Gasteiger partial charge in [0.25, 0.3) is 12.3 Å². The van der Waals surface area contributed by atoms with Crippen molar-refractivity contribution in [1.29, 1.82) is 0 Å². The first kappa shape index (κ1) is 15.4. The molecule has 0 aromatic carbocycles. The smallest absolute Gasteiger partial charge is 0.255 e. The van der Waals surface area contributed by atoms with Crippen molar-refractivity contribution in [2.75, 3.05) is 19.7 Å². The molecule has 1 aromatic heterocycles. The van der Waals surface area contributed by atoms with Crippen LogP contribution in [0.5, 0.6) is 0 Å². The molecule has 2 rings (SSSR count). The summed E-state index contributed by atoms with van der Waals surface area (Å²) in [5.74, 6) is 0.227. The molecule has 1 amide bonds. The van der Waals surface area contributed by atoms with E-state index in [1.807, 2.05) is 0 Å². The minimum absolute atomic E-state index is 0.0514. The van der Waals surface area contributed by atoms with Gasteiger partial charge in [-0.3, -0.25) is 4.79 Å². The van der Waals surface area contributed by atoms with E-state index in [0.29, 0.717) is 11.5 Å². The van der Waals surface area contributed by atoms with E-state index < -0.39 is 13.0 Å². The Morgan fingerprint density at radius 2 is 2.35 bits per heavy atom. The molecule has 1 N–H and O–H groups in total. The number of nitrogens with zero attached hydrogens (tertiary/aromatic N) is 1. The summed E-state index contributed by atoms with van der Waals surface area (Å²) in [6.07, 6.45) is 0.240. The second-order valence-electron chi connectivity index (χ2n) is 5.26. The first-order valence-corrected chi connectivity index (χ1v) is 7.68. The van der Waals surface area contributed by atoms with Crippen LogP contribution in [0.3, 0.4) is 0 Å². The molecule has 1 unspecified atom stereocenters. The lowest BCUT2D eigenvalue weighted by Gasteiger charge is -2.23. The zero-order valence-corrected chi connectivity index (χ0v) is 12.3. The summed E-state index contributed by atoms with van der Waals surface area (Å²) in [5.41, 5.74) is 1.57. The summed E-state index contributed by atoms with van der Waals surface area (Å²) in [5, 5.41) is 10.7. The fraction of sp³-hybridized carbons (Fsp3) is 0.643. The molecule has 1 aromatic rings. The second-order valence-corrected chi connectivity index (χ2v) is 6.23. The number of aliphatic hydroxyl groups is 1. The van der Waals surface area contributed by atoms with Crippen molar-refractivity contribution < 1.29 is 18.7 Å². The topological polar surface area (TPSA) is 40.5 Å². The summed E-state index contributed by atoms with van der Waals surface area (Å²) >= 11 is 1.54. The summed E-state index contributed by atoms with van der Waals surface area (Å²) < 4.78 is 25.1. The lowest BCUT2D eigenvalue weighted by molar-refractivity contribution is 0.0508. The third-order valence-electron chi connectivity index (χ3n) is 3.65. The van der Waals surface area contributed by atoms with Gasteiger partial charge in [0.15, 0.2) is 0 Å². The predicted octanol–water partition coefficient (Wildman–Crippen LogP) is 2.57. The number of amides is 1. The quantitative estimate of drug-likeness (QED) is 0.908. The molecule has 1 aliphatic carbocycles. The molecule has 0 aliphatic heterocycles. The van der Waals surface area contributed by atoms with E-state index >= 15 is 0 Å². The summed E-state index contributed by atoms with van der Waals surface area (Å²) in [4.78, 5) is 14.6. The van der Waals surface area contributed by atoms with Crippen LogP contribution in [0.1, 0.15) is 34.1 Å². The van der Waals surface area contributed by atoms with Crippen LogP contribution >= 0.6 is 11.3 Å². The summed E-state index contributed by atoms with van der Waals surface area (Å²) in [7, 11) is 0. The maximum atomic E-state index is 12.5. The highest BCUT2D eigenvalue weighted by atomic mass is 32.1. The predicted molar refractivity (Wildman–Crippen MR) is 74.5 cm³/mol. The van der Waals surface area contributed by atoms with Gasteiger partial charge in [-0.2, -0.15) is 0 Å². The number of hydrogen-bond acceptors (Lipinski definition) is 3. The van der Waals surface area contributed by atoms with E-state index in [1.54, 1.807) is 16.7 Å². The van der Waals surface area contributed by atoms with Gasteiger partial charge in [-0.15, -0.1) is 11.3 Å². The number of carbonyl (C=O) groups excluding carboxylic acids is 1. The number of carbonyl (C=O) groups is 1. The second kappa shape index (κ2) is 6.63. The van der Waals surface area contributed by atoms with Gasteiger partial charge >= 0.3 is 0 Å². The maximum Gasteiger partial charge on any atom is 0.255 e. The van der Waals surface area contributed by atoms with Crippen molar-refractivity contribution in [2.45, 2.75) is 32.6 Å². The molecular formula is C14H19F2NO2S. The molecule has 0 saturated heterocycles. The molecular weight excluding hydrogens is 284 g/mol. The third-order valence-corrected chi connectivity index (χ3v) is 4.70. The maximum absolute atomic E-state index is 12.5. The van der Waals surface area contributed by atoms with Gasteiger partial charge in [0, 0.05) is 16.8 Å². The van der Waals surface area contributed by atoms with Crippen LogP contribution in [-0.4, -0.2) is 42.0 Å². The van der Waals surface area contributed by atoms with Crippen LogP contribution in [0, 0.1) is 5.92 Å². The molecule has 20 heavy (non-hydrogen) atoms. The molecule has 1 aliphatic rings. The SMILES string of the molecule is CC1CCc2c(C(=O)N(CCO)CC(F)F)csc2C1. The number of halogens is 2. The highest BCUT2D eigenvalue weighted by Crippen LogP contribution is 2.33. The Morgan fingerprint density at radius 3 is 3.00 bits per heavy atom. The lowest BCUT2D eigenvalue weighted by atomic mass is 9.88. The largest absolute Gasteiger partial charge is 0.395 e. The van der Waals surface area contributed by atoms with Crippen molar-refractivity contribution in [3.8, 4) is 0 Å². The van der Waals surface area contributed by atoms with Crippen molar-refractivity contribution in [3.05, 3.63) is 21.4 Å². The molecule has 0 fully saturated rings. The molecule has 1 heterocycles. The number of hydrogen-bond donors (Lipinski definition) is 1. The van der Waals surface area contributed by atoms with E-state index in [2.05, 4.69) is 6.92 Å². The average Bonchev–Trinajstić information content (AvgIpc) is 2.79. The Labute approximate surface area is 121 Å². The van der Waals surface area contributed by atoms with Crippen LogP contribution in [0.2, 0.25) is 0 Å². The summed E-state index contributed by atoms with van der Waals surface area (Å²) in [6.45, 7) is 1.20. The number of thiophene rings is 1. The van der Waals surface area contributed by atoms with Gasteiger partial charge in [0.05, 0.1) is 18.7 Å². The zero-order chi connectivity index (χ0) is 14.7. The fourth-order valence-electron chi connectivity index (χ4n) is 2.59. The van der Waals surface area contributed by atoms with Gasteiger partial charge in [0.2, 0.25) is 0 Å². The van der Waals surface area contributed by atoms with Crippen molar-refractivity contribution in [1.82, 2.24) is 4.90 Å². The minimum atomic E-state index is -2.58. The number of alkyl halides is 2. The molecule has 0 spiro atoms. The van der Waals surface area contributed by atoms with Crippen LogP contribution in [-0.2, 0) is 12.8 Å². The number of rotatable bonds is 5. The Balaban J connectivity index is 2.19. The number of fused-ring (bicyclic) bond motifs is 1.